The van der Waals surface area contributed by atoms with Gasteiger partial charge in [0.15, 0.2) is 6.10 Å². The molecule has 0 aliphatic heterocycles. The van der Waals surface area contributed by atoms with Crippen LogP contribution in [0, 0.1) is 0 Å². The molecule has 1 aromatic heterocycles. The highest BCUT2D eigenvalue weighted by Gasteiger charge is 2.28. The molecule has 0 fully saturated rings. The van der Waals surface area contributed by atoms with Crippen LogP contribution in [0.3, 0.4) is 0 Å². The number of nitrogens with zero attached hydrogens (tertiary/aromatic N) is 1. The molecule has 10 heteroatoms. The number of carbonyl (C=O) groups excluding carboxylic acids is 1. The molecular weight excluding hydrogens is 448 g/mol. The second-order valence-corrected chi connectivity index (χ2v) is 8.51. The van der Waals surface area contributed by atoms with E-state index in [9.17, 15) is 14.7 Å². The van der Waals surface area contributed by atoms with E-state index in [1.807, 2.05) is 36.6 Å². The van der Waals surface area contributed by atoms with Crippen LogP contribution >= 0.6 is 24.4 Å². The minimum Gasteiger partial charge on any atom is -0.480 e. The molecule has 174 valence electrons. The largest absolute Gasteiger partial charge is 0.480 e. The Balaban J connectivity index is 2.22. The van der Waals surface area contributed by atoms with E-state index in [-0.39, 0.29) is 18.3 Å². The van der Waals surface area contributed by atoms with E-state index in [4.69, 9.17) is 10.5 Å². The van der Waals surface area contributed by atoms with Crippen LogP contribution in [0.15, 0.2) is 48.7 Å². The lowest BCUT2D eigenvalue weighted by Crippen LogP contribution is -2.48. The third-order valence-electron chi connectivity index (χ3n) is 4.60. The van der Waals surface area contributed by atoms with Crippen molar-refractivity contribution < 1.29 is 19.4 Å². The standard InChI is InChI=1S/C22H30N4O4S2/c1-32-11-9-18(22(28)29)26-20(27)19(12-15-6-3-2-4-7-15)30-21-17(8-5-10-24-21)25-13-16(23)14-31/h2-8,10,16,18-19,25,31H,9,11-14,23H2,1H3,(H,26,27)(H,28,29). The van der Waals surface area contributed by atoms with Crippen molar-refractivity contribution in [2.45, 2.75) is 31.0 Å². The van der Waals surface area contributed by atoms with Crippen molar-refractivity contribution in [3.05, 3.63) is 54.2 Å². The Kier molecular flexibility index (Phi) is 11.2. The molecule has 0 aliphatic carbocycles. The fourth-order valence-electron chi connectivity index (χ4n) is 2.83. The van der Waals surface area contributed by atoms with Gasteiger partial charge < -0.3 is 26.2 Å². The van der Waals surface area contributed by atoms with Crippen LogP contribution in [0.4, 0.5) is 5.69 Å². The number of anilines is 1. The highest BCUT2D eigenvalue weighted by atomic mass is 32.2. The van der Waals surface area contributed by atoms with E-state index >= 15 is 0 Å². The number of pyridine rings is 1. The van der Waals surface area contributed by atoms with Gasteiger partial charge >= 0.3 is 5.97 Å². The summed E-state index contributed by atoms with van der Waals surface area (Å²) in [6.45, 7) is 0.455. The van der Waals surface area contributed by atoms with Gasteiger partial charge in [0.05, 0.1) is 5.69 Å². The molecule has 0 radical (unpaired) electrons. The smallest absolute Gasteiger partial charge is 0.326 e. The van der Waals surface area contributed by atoms with Gasteiger partial charge in [0.2, 0.25) is 5.88 Å². The monoisotopic (exact) mass is 478 g/mol. The third kappa shape index (κ3) is 8.60. The molecule has 0 aliphatic rings. The van der Waals surface area contributed by atoms with Gasteiger partial charge in [-0.2, -0.15) is 24.4 Å². The number of nitrogens with two attached hydrogens (primary N) is 1. The molecule has 3 atom stereocenters. The third-order valence-corrected chi connectivity index (χ3v) is 5.71. The summed E-state index contributed by atoms with van der Waals surface area (Å²) in [6, 6.07) is 11.8. The van der Waals surface area contributed by atoms with Gasteiger partial charge in [-0.3, -0.25) is 4.79 Å². The number of carboxylic acids is 1. The number of nitrogens with one attached hydrogen (secondary N) is 2. The number of thiol groups is 1. The zero-order valence-corrected chi connectivity index (χ0v) is 19.6. The molecule has 0 saturated heterocycles. The number of hydrogen-bond acceptors (Lipinski definition) is 8. The van der Waals surface area contributed by atoms with Crippen LogP contribution in [0.2, 0.25) is 0 Å². The fraction of sp³-hybridized carbons (Fsp3) is 0.409. The van der Waals surface area contributed by atoms with E-state index in [1.54, 1.807) is 18.3 Å². The summed E-state index contributed by atoms with van der Waals surface area (Å²) < 4.78 is 6.02. The van der Waals surface area contributed by atoms with E-state index in [0.29, 0.717) is 30.2 Å². The zero-order valence-electron chi connectivity index (χ0n) is 17.9. The van der Waals surface area contributed by atoms with Crippen LogP contribution in [0.1, 0.15) is 12.0 Å². The first-order valence-electron chi connectivity index (χ1n) is 10.2. The number of aliphatic carboxylic acids is 1. The summed E-state index contributed by atoms with van der Waals surface area (Å²) in [4.78, 5) is 28.9. The quantitative estimate of drug-likeness (QED) is 0.261. The maximum atomic E-state index is 13.1. The van der Waals surface area contributed by atoms with Crippen molar-refractivity contribution in [2.75, 3.05) is 29.6 Å². The highest BCUT2D eigenvalue weighted by Crippen LogP contribution is 2.23. The lowest BCUT2D eigenvalue weighted by molar-refractivity contribution is -0.143. The normalized spacial score (nSPS) is 13.6. The molecule has 3 unspecified atom stereocenters. The van der Waals surface area contributed by atoms with Crippen molar-refractivity contribution >= 4 is 42.0 Å². The highest BCUT2D eigenvalue weighted by molar-refractivity contribution is 7.98. The van der Waals surface area contributed by atoms with Crippen LogP contribution in [-0.4, -0.2) is 64.5 Å². The maximum absolute atomic E-state index is 13.1. The number of ether oxygens (including phenoxy) is 1. The number of carboxylic acid groups (broad SMARTS) is 1. The predicted molar refractivity (Wildman–Crippen MR) is 132 cm³/mol. The van der Waals surface area contributed by atoms with Crippen LogP contribution in [0.25, 0.3) is 0 Å². The first-order chi connectivity index (χ1) is 15.4. The van der Waals surface area contributed by atoms with Crippen molar-refractivity contribution in [2.24, 2.45) is 5.73 Å². The molecule has 0 saturated carbocycles. The summed E-state index contributed by atoms with van der Waals surface area (Å²) in [5.41, 5.74) is 7.40. The molecule has 2 rings (SSSR count). The average Bonchev–Trinajstić information content (AvgIpc) is 2.80. The van der Waals surface area contributed by atoms with Gasteiger partial charge in [-0.25, -0.2) is 9.78 Å². The van der Waals surface area contributed by atoms with Crippen molar-refractivity contribution in [1.82, 2.24) is 10.3 Å². The van der Waals surface area contributed by atoms with Gasteiger partial charge in [-0.05, 0) is 36.1 Å². The molecule has 1 amide bonds. The van der Waals surface area contributed by atoms with Gasteiger partial charge in [0.1, 0.15) is 6.04 Å². The predicted octanol–water partition coefficient (Wildman–Crippen LogP) is 2.06. The van der Waals surface area contributed by atoms with Gasteiger partial charge in [0.25, 0.3) is 5.91 Å². The second-order valence-electron chi connectivity index (χ2n) is 7.16. The van der Waals surface area contributed by atoms with Crippen LogP contribution in [0.5, 0.6) is 5.88 Å². The number of hydrogen-bond donors (Lipinski definition) is 5. The minimum absolute atomic E-state index is 0.164. The Morgan fingerprint density at radius 3 is 2.66 bits per heavy atom. The number of amides is 1. The second kappa shape index (κ2) is 13.9. The maximum Gasteiger partial charge on any atom is 0.326 e. The molecule has 0 spiro atoms. The molecule has 5 N–H and O–H groups in total. The van der Waals surface area contributed by atoms with Crippen LogP contribution in [-0.2, 0) is 16.0 Å². The Hall–Kier alpha value is -2.43. The molecule has 0 bridgehead atoms. The molecule has 8 nitrogen and oxygen atoms in total. The topological polar surface area (TPSA) is 127 Å². The molecule has 1 heterocycles. The Labute approximate surface area is 198 Å². The molecule has 1 aromatic carbocycles. The SMILES string of the molecule is CSCCC(NC(=O)C(Cc1ccccc1)Oc1ncccc1NCC(N)CS)C(=O)O. The Morgan fingerprint density at radius 2 is 2.00 bits per heavy atom. The Bertz CT molecular complexity index is 857. The first kappa shape index (κ1) is 25.8. The van der Waals surface area contributed by atoms with Gasteiger partial charge in [0, 0.05) is 31.0 Å². The number of benzene rings is 1. The summed E-state index contributed by atoms with van der Waals surface area (Å²) in [5.74, 6) is -0.222. The van der Waals surface area contributed by atoms with Crippen molar-refractivity contribution in [3.8, 4) is 5.88 Å². The van der Waals surface area contributed by atoms with Gasteiger partial charge in [-0.1, -0.05) is 30.3 Å². The zero-order chi connectivity index (χ0) is 23.3. The Morgan fingerprint density at radius 1 is 1.25 bits per heavy atom. The molecule has 32 heavy (non-hydrogen) atoms. The lowest BCUT2D eigenvalue weighted by atomic mass is 10.1. The minimum atomic E-state index is -1.08. The van der Waals surface area contributed by atoms with E-state index in [0.717, 1.165) is 5.56 Å². The summed E-state index contributed by atoms with van der Waals surface area (Å²) in [6.07, 6.45) is 3.06. The van der Waals surface area contributed by atoms with Crippen molar-refractivity contribution in [3.63, 3.8) is 0 Å². The van der Waals surface area contributed by atoms with Gasteiger partial charge in [-0.15, -0.1) is 0 Å². The van der Waals surface area contributed by atoms with Crippen molar-refractivity contribution in [1.29, 1.82) is 0 Å². The summed E-state index contributed by atoms with van der Waals surface area (Å²) >= 11 is 5.70. The average molecular weight is 479 g/mol. The number of rotatable bonds is 14. The number of carbonyl (C=O) groups is 2. The summed E-state index contributed by atoms with van der Waals surface area (Å²) in [5, 5.41) is 15.3. The first-order valence-corrected chi connectivity index (χ1v) is 12.2. The number of thioether (sulfide) groups is 1. The number of aromatic nitrogens is 1. The van der Waals surface area contributed by atoms with Crippen LogP contribution < -0.4 is 21.1 Å². The summed E-state index contributed by atoms with van der Waals surface area (Å²) in [7, 11) is 0. The molecular formula is C22H30N4O4S2. The molecule has 2 aromatic rings. The van der Waals surface area contributed by atoms with E-state index < -0.39 is 24.0 Å². The van der Waals surface area contributed by atoms with E-state index in [2.05, 4.69) is 28.2 Å². The van der Waals surface area contributed by atoms with E-state index in [1.165, 1.54) is 11.8 Å². The lowest BCUT2D eigenvalue weighted by Gasteiger charge is -2.22. The fourth-order valence-corrected chi connectivity index (χ4v) is 3.43.